The minimum Gasteiger partial charge on any atom is -0.307 e. The minimum absolute atomic E-state index is 0.184. The van der Waals surface area contributed by atoms with Crippen molar-refractivity contribution in [2.75, 3.05) is 0 Å². The predicted molar refractivity (Wildman–Crippen MR) is 74.5 cm³/mol. The van der Waals surface area contributed by atoms with Gasteiger partial charge in [0.15, 0.2) is 0 Å². The van der Waals surface area contributed by atoms with Crippen LogP contribution in [0.25, 0.3) is 0 Å². The lowest BCUT2D eigenvalue weighted by Gasteiger charge is -2.32. The molecule has 1 saturated carbocycles. The maximum atomic E-state index is 12.6. The van der Waals surface area contributed by atoms with Gasteiger partial charge in [-0.25, -0.2) is 0 Å². The van der Waals surface area contributed by atoms with E-state index in [1.165, 1.54) is 11.1 Å². The first-order chi connectivity index (χ1) is 9.38. The molecule has 0 radical (unpaired) electrons. The summed E-state index contributed by atoms with van der Waals surface area (Å²) in [5.41, 5.74) is 2.45. The second-order valence-electron chi connectivity index (χ2n) is 5.84. The number of nitrogens with one attached hydrogen (secondary N) is 1. The molecule has 1 atom stereocenters. The van der Waals surface area contributed by atoms with E-state index in [0.29, 0.717) is 12.8 Å². The summed E-state index contributed by atoms with van der Waals surface area (Å²) in [7, 11) is 0. The van der Waals surface area contributed by atoms with E-state index < -0.39 is 12.1 Å². The zero-order valence-electron chi connectivity index (χ0n) is 12.0. The van der Waals surface area contributed by atoms with Gasteiger partial charge >= 0.3 is 6.18 Å². The van der Waals surface area contributed by atoms with E-state index in [-0.39, 0.29) is 24.9 Å². The van der Waals surface area contributed by atoms with Crippen LogP contribution >= 0.6 is 0 Å². The number of hydrogen-bond acceptors (Lipinski definition) is 1. The summed E-state index contributed by atoms with van der Waals surface area (Å²) < 4.78 is 37.9. The molecule has 0 spiro atoms. The van der Waals surface area contributed by atoms with E-state index in [1.54, 1.807) is 0 Å². The average Bonchev–Trinajstić information content (AvgIpc) is 2.38. The first-order valence-corrected chi connectivity index (χ1v) is 7.26. The Morgan fingerprint density at radius 3 is 2.25 bits per heavy atom. The van der Waals surface area contributed by atoms with Crippen molar-refractivity contribution >= 4 is 0 Å². The fourth-order valence-electron chi connectivity index (χ4n) is 3.10. The Bertz CT molecular complexity index is 434. The van der Waals surface area contributed by atoms with E-state index in [9.17, 15) is 13.2 Å². The van der Waals surface area contributed by atoms with E-state index >= 15 is 0 Å². The van der Waals surface area contributed by atoms with Crippen molar-refractivity contribution in [2.45, 2.75) is 57.8 Å². The van der Waals surface area contributed by atoms with Crippen molar-refractivity contribution < 1.29 is 13.2 Å². The predicted octanol–water partition coefficient (Wildman–Crippen LogP) is 4.77. The van der Waals surface area contributed by atoms with Crippen molar-refractivity contribution in [1.82, 2.24) is 5.32 Å². The Hall–Kier alpha value is -1.03. The number of hydrogen-bond donors (Lipinski definition) is 1. The highest BCUT2D eigenvalue weighted by Gasteiger charge is 2.41. The van der Waals surface area contributed by atoms with Crippen LogP contribution in [0.1, 0.15) is 49.8 Å². The smallest absolute Gasteiger partial charge is 0.307 e. The lowest BCUT2D eigenvalue weighted by Crippen LogP contribution is -2.38. The lowest BCUT2D eigenvalue weighted by molar-refractivity contribution is -0.182. The first-order valence-electron chi connectivity index (χ1n) is 7.26. The van der Waals surface area contributed by atoms with Crippen LogP contribution in [0.5, 0.6) is 0 Å². The highest BCUT2D eigenvalue weighted by atomic mass is 19.4. The molecule has 1 nitrogen and oxygen atoms in total. The molecule has 0 bridgehead atoms. The minimum atomic E-state index is -4.02. The summed E-state index contributed by atoms with van der Waals surface area (Å²) in [6.07, 6.45) is -2.29. The molecule has 1 N–H and O–H groups in total. The third-order valence-electron chi connectivity index (χ3n) is 4.33. The highest BCUT2D eigenvalue weighted by molar-refractivity contribution is 5.28. The van der Waals surface area contributed by atoms with E-state index in [4.69, 9.17) is 0 Å². The van der Waals surface area contributed by atoms with Gasteiger partial charge in [0.25, 0.3) is 0 Å². The Kier molecular flexibility index (Phi) is 4.74. The molecule has 0 saturated heterocycles. The molecular formula is C16H22F3N. The molecule has 0 amide bonds. The van der Waals surface area contributed by atoms with Gasteiger partial charge in [0.1, 0.15) is 0 Å². The molecule has 1 unspecified atom stereocenters. The number of alkyl halides is 3. The van der Waals surface area contributed by atoms with Crippen molar-refractivity contribution in [3.8, 4) is 0 Å². The van der Waals surface area contributed by atoms with Gasteiger partial charge in [-0.1, -0.05) is 24.3 Å². The lowest BCUT2D eigenvalue weighted by atomic mass is 9.85. The number of rotatable bonds is 3. The van der Waals surface area contributed by atoms with Gasteiger partial charge in [-0.3, -0.25) is 0 Å². The van der Waals surface area contributed by atoms with Crippen LogP contribution in [0, 0.1) is 12.8 Å². The van der Waals surface area contributed by atoms with Gasteiger partial charge in [0.2, 0.25) is 0 Å². The van der Waals surface area contributed by atoms with Gasteiger partial charge in [-0.05, 0) is 50.7 Å². The maximum absolute atomic E-state index is 12.6. The van der Waals surface area contributed by atoms with Crippen LogP contribution < -0.4 is 5.32 Å². The zero-order chi connectivity index (χ0) is 14.8. The summed E-state index contributed by atoms with van der Waals surface area (Å²) in [5.74, 6) is -1.10. The molecule has 20 heavy (non-hydrogen) atoms. The topological polar surface area (TPSA) is 12.0 Å². The molecule has 1 aliphatic rings. The molecule has 0 heterocycles. The maximum Gasteiger partial charge on any atom is 0.391 e. The van der Waals surface area contributed by atoms with Crippen LogP contribution in [0.3, 0.4) is 0 Å². The molecule has 1 aliphatic carbocycles. The quantitative estimate of drug-likeness (QED) is 0.843. The molecule has 2 rings (SSSR count). The summed E-state index contributed by atoms with van der Waals surface area (Å²) in [5, 5.41) is 3.48. The highest BCUT2D eigenvalue weighted by Crippen LogP contribution is 2.37. The molecule has 112 valence electrons. The fourth-order valence-corrected chi connectivity index (χ4v) is 3.10. The monoisotopic (exact) mass is 285 g/mol. The second-order valence-corrected chi connectivity index (χ2v) is 5.84. The van der Waals surface area contributed by atoms with Crippen molar-refractivity contribution in [1.29, 1.82) is 0 Å². The molecule has 1 aromatic carbocycles. The van der Waals surface area contributed by atoms with E-state index in [2.05, 4.69) is 31.3 Å². The molecule has 4 heteroatoms. The Balaban J connectivity index is 1.88. The summed E-state index contributed by atoms with van der Waals surface area (Å²) in [6.45, 7) is 4.15. The third kappa shape index (κ3) is 3.75. The van der Waals surface area contributed by atoms with Crippen molar-refractivity contribution in [3.05, 3.63) is 35.4 Å². The van der Waals surface area contributed by atoms with Crippen LogP contribution in [-0.2, 0) is 0 Å². The van der Waals surface area contributed by atoms with Gasteiger partial charge in [-0.15, -0.1) is 0 Å². The zero-order valence-corrected chi connectivity index (χ0v) is 12.0. The first kappa shape index (κ1) is 15.4. The van der Waals surface area contributed by atoms with Crippen LogP contribution in [-0.4, -0.2) is 12.2 Å². The largest absolute Gasteiger partial charge is 0.391 e. The van der Waals surface area contributed by atoms with Gasteiger partial charge in [-0.2, -0.15) is 13.2 Å². The van der Waals surface area contributed by atoms with E-state index in [0.717, 1.165) is 0 Å². The third-order valence-corrected chi connectivity index (χ3v) is 4.33. The molecule has 1 aromatic rings. The normalized spacial score (nSPS) is 25.4. The molecular weight excluding hydrogens is 263 g/mol. The van der Waals surface area contributed by atoms with Crippen molar-refractivity contribution in [2.24, 2.45) is 5.92 Å². The Labute approximate surface area is 118 Å². The van der Waals surface area contributed by atoms with Crippen LogP contribution in [0.2, 0.25) is 0 Å². The molecule has 0 aromatic heterocycles. The Morgan fingerprint density at radius 1 is 1.10 bits per heavy atom. The van der Waals surface area contributed by atoms with Crippen LogP contribution in [0.15, 0.2) is 24.3 Å². The summed E-state index contributed by atoms with van der Waals surface area (Å²) in [6, 6.07) is 8.52. The average molecular weight is 285 g/mol. The van der Waals surface area contributed by atoms with Crippen molar-refractivity contribution in [3.63, 3.8) is 0 Å². The fraction of sp³-hybridized carbons (Fsp3) is 0.625. The SMILES string of the molecule is Cc1ccccc1C(C)NC1CCC(C(F)(F)F)CC1. The number of halogens is 3. The standard InChI is InChI=1S/C16H22F3N/c1-11-5-3-4-6-15(11)12(2)20-14-9-7-13(8-10-14)16(17,18)19/h3-6,12-14,20H,7-10H2,1-2H3. The van der Waals surface area contributed by atoms with Crippen LogP contribution in [0.4, 0.5) is 13.2 Å². The summed E-state index contributed by atoms with van der Waals surface area (Å²) >= 11 is 0. The number of benzene rings is 1. The Morgan fingerprint density at radius 2 is 1.70 bits per heavy atom. The number of aryl methyl sites for hydroxylation is 1. The second kappa shape index (κ2) is 6.17. The van der Waals surface area contributed by atoms with Gasteiger partial charge < -0.3 is 5.32 Å². The van der Waals surface area contributed by atoms with Gasteiger partial charge in [0.05, 0.1) is 5.92 Å². The molecule has 0 aliphatic heterocycles. The van der Waals surface area contributed by atoms with E-state index in [1.807, 2.05) is 12.1 Å². The summed E-state index contributed by atoms with van der Waals surface area (Å²) in [4.78, 5) is 0. The van der Waals surface area contributed by atoms with Gasteiger partial charge in [0, 0.05) is 12.1 Å². The molecule has 1 fully saturated rings.